The fraction of sp³-hybridized carbons (Fsp3) is 0.929. The molecule has 0 amide bonds. The van der Waals surface area contributed by atoms with Gasteiger partial charge < -0.3 is 5.11 Å². The minimum Gasteiger partial charge on any atom is -0.392 e. The molecule has 2 heterocycles. The Labute approximate surface area is 125 Å². The first-order chi connectivity index (χ1) is 10.2. The van der Waals surface area contributed by atoms with Crippen LogP contribution in [0.5, 0.6) is 0 Å². The van der Waals surface area contributed by atoms with E-state index < -0.39 is 0 Å². The minimum absolute atomic E-state index is 0.257. The summed E-state index contributed by atoms with van der Waals surface area (Å²) in [5.74, 6) is 0.997. The second-order valence-electron chi connectivity index (χ2n) is 6.41. The van der Waals surface area contributed by atoms with Crippen LogP contribution in [0.3, 0.4) is 0 Å². The fourth-order valence-electron chi connectivity index (χ4n) is 3.19. The van der Waals surface area contributed by atoms with Gasteiger partial charge in [-0.15, -0.1) is 5.10 Å². The van der Waals surface area contributed by atoms with Gasteiger partial charge in [-0.25, -0.2) is 4.68 Å². The third-order valence-corrected chi connectivity index (χ3v) is 4.48. The zero-order valence-electron chi connectivity index (χ0n) is 13.0. The van der Waals surface area contributed by atoms with Gasteiger partial charge in [-0.05, 0) is 36.6 Å². The lowest BCUT2D eigenvalue weighted by Crippen LogP contribution is -2.54. The summed E-state index contributed by atoms with van der Waals surface area (Å²) in [5.41, 5.74) is 0. The van der Waals surface area contributed by atoms with Crippen LogP contribution >= 0.6 is 0 Å². The molecule has 118 valence electrons. The molecule has 1 saturated carbocycles. The van der Waals surface area contributed by atoms with Crippen molar-refractivity contribution in [2.75, 3.05) is 26.2 Å². The van der Waals surface area contributed by atoms with E-state index in [0.29, 0.717) is 12.1 Å². The van der Waals surface area contributed by atoms with Gasteiger partial charge in [0.2, 0.25) is 0 Å². The van der Waals surface area contributed by atoms with E-state index in [2.05, 4.69) is 32.2 Å². The van der Waals surface area contributed by atoms with Crippen molar-refractivity contribution >= 4 is 0 Å². The highest BCUT2D eigenvalue weighted by Crippen LogP contribution is 2.34. The second kappa shape index (κ2) is 6.37. The standard InChI is InChI=1S/C14H26N6O/c1-3-12-9-18(6-7-19(12)8-11(2)21)10-14-15-16-17-20(14)13-4-5-13/h11-13,21H,3-10H2,1-2H3. The molecule has 7 heteroatoms. The van der Waals surface area contributed by atoms with Gasteiger partial charge in [0.15, 0.2) is 5.82 Å². The largest absolute Gasteiger partial charge is 0.392 e. The molecule has 3 rings (SSSR count). The highest BCUT2D eigenvalue weighted by atomic mass is 16.3. The highest BCUT2D eigenvalue weighted by molar-refractivity contribution is 4.92. The number of piperazine rings is 1. The molecule has 1 aromatic heterocycles. The number of β-amino-alcohol motifs (C(OH)–C–C–N with tert-alkyl or cyclic N) is 1. The molecule has 0 aromatic carbocycles. The Kier molecular flexibility index (Phi) is 4.51. The second-order valence-corrected chi connectivity index (χ2v) is 6.41. The Morgan fingerprint density at radius 2 is 2.14 bits per heavy atom. The van der Waals surface area contributed by atoms with Crippen molar-refractivity contribution in [3.8, 4) is 0 Å². The van der Waals surface area contributed by atoms with E-state index in [9.17, 15) is 5.11 Å². The minimum atomic E-state index is -0.257. The van der Waals surface area contributed by atoms with Crippen molar-refractivity contribution in [2.45, 2.75) is 57.8 Å². The highest BCUT2D eigenvalue weighted by Gasteiger charge is 2.30. The number of tetrazole rings is 1. The first kappa shape index (κ1) is 14.9. The van der Waals surface area contributed by atoms with Gasteiger partial charge in [0.05, 0.1) is 18.7 Å². The number of hydrogen-bond acceptors (Lipinski definition) is 6. The number of aliphatic hydroxyl groups excluding tert-OH is 1. The van der Waals surface area contributed by atoms with Crippen LogP contribution in [0.4, 0.5) is 0 Å². The first-order valence-electron chi connectivity index (χ1n) is 8.08. The van der Waals surface area contributed by atoms with Gasteiger partial charge in [-0.1, -0.05) is 6.92 Å². The molecule has 1 N–H and O–H groups in total. The third-order valence-electron chi connectivity index (χ3n) is 4.48. The molecule has 2 atom stereocenters. The smallest absolute Gasteiger partial charge is 0.165 e. The van der Waals surface area contributed by atoms with Crippen LogP contribution in [-0.2, 0) is 6.54 Å². The lowest BCUT2D eigenvalue weighted by atomic mass is 10.1. The normalized spacial score (nSPS) is 26.1. The van der Waals surface area contributed by atoms with Crippen LogP contribution in [0.15, 0.2) is 0 Å². The molecule has 1 aliphatic heterocycles. The molecule has 1 aliphatic carbocycles. The number of aromatic nitrogens is 4. The predicted molar refractivity (Wildman–Crippen MR) is 78.7 cm³/mol. The summed E-state index contributed by atoms with van der Waals surface area (Å²) >= 11 is 0. The molecule has 1 saturated heterocycles. The maximum Gasteiger partial charge on any atom is 0.165 e. The molecular formula is C14H26N6O. The summed E-state index contributed by atoms with van der Waals surface area (Å²) in [6.07, 6.45) is 3.26. The Bertz CT molecular complexity index is 458. The predicted octanol–water partition coefficient (Wildman–Crippen LogP) is 0.285. The lowest BCUT2D eigenvalue weighted by molar-refractivity contribution is 0.0324. The van der Waals surface area contributed by atoms with Crippen LogP contribution in [0.25, 0.3) is 0 Å². The van der Waals surface area contributed by atoms with Crippen LogP contribution in [0, 0.1) is 0 Å². The van der Waals surface area contributed by atoms with Crippen molar-refractivity contribution in [2.24, 2.45) is 0 Å². The van der Waals surface area contributed by atoms with Crippen LogP contribution in [0.2, 0.25) is 0 Å². The van der Waals surface area contributed by atoms with Crippen molar-refractivity contribution in [1.82, 2.24) is 30.0 Å². The SMILES string of the molecule is CCC1CN(Cc2nnnn2C2CC2)CCN1CC(C)O. The third kappa shape index (κ3) is 3.59. The van der Waals surface area contributed by atoms with Gasteiger partial charge in [0.1, 0.15) is 0 Å². The zero-order valence-corrected chi connectivity index (χ0v) is 13.0. The van der Waals surface area contributed by atoms with Crippen LogP contribution in [0.1, 0.15) is 45.0 Å². The first-order valence-corrected chi connectivity index (χ1v) is 8.08. The molecule has 2 unspecified atom stereocenters. The summed E-state index contributed by atoms with van der Waals surface area (Å²) < 4.78 is 2.00. The number of aliphatic hydroxyl groups is 1. The van der Waals surface area contributed by atoms with E-state index >= 15 is 0 Å². The topological polar surface area (TPSA) is 70.3 Å². The molecule has 21 heavy (non-hydrogen) atoms. The Morgan fingerprint density at radius 1 is 1.33 bits per heavy atom. The van der Waals surface area contributed by atoms with E-state index in [1.54, 1.807) is 0 Å². The average Bonchev–Trinajstić information content (AvgIpc) is 3.20. The fourth-order valence-corrected chi connectivity index (χ4v) is 3.19. The number of rotatable bonds is 6. The summed E-state index contributed by atoms with van der Waals surface area (Å²) in [7, 11) is 0. The molecule has 0 spiro atoms. The van der Waals surface area contributed by atoms with E-state index in [1.165, 1.54) is 12.8 Å². The monoisotopic (exact) mass is 294 g/mol. The van der Waals surface area contributed by atoms with Crippen molar-refractivity contribution in [3.05, 3.63) is 5.82 Å². The molecule has 0 bridgehead atoms. The Morgan fingerprint density at radius 3 is 2.81 bits per heavy atom. The van der Waals surface area contributed by atoms with Crippen LogP contribution < -0.4 is 0 Å². The number of hydrogen-bond donors (Lipinski definition) is 1. The van der Waals surface area contributed by atoms with Crippen molar-refractivity contribution < 1.29 is 5.11 Å². The quantitative estimate of drug-likeness (QED) is 0.813. The van der Waals surface area contributed by atoms with E-state index in [-0.39, 0.29) is 6.10 Å². The summed E-state index contributed by atoms with van der Waals surface area (Å²) in [5, 5.41) is 21.8. The van der Waals surface area contributed by atoms with Gasteiger partial charge in [-0.3, -0.25) is 9.80 Å². The van der Waals surface area contributed by atoms with E-state index in [0.717, 1.165) is 45.0 Å². The lowest BCUT2D eigenvalue weighted by Gasteiger charge is -2.41. The zero-order chi connectivity index (χ0) is 14.8. The van der Waals surface area contributed by atoms with Crippen LogP contribution in [-0.4, -0.2) is 73.4 Å². The molecule has 0 radical (unpaired) electrons. The van der Waals surface area contributed by atoms with E-state index in [4.69, 9.17) is 0 Å². The number of nitrogens with zero attached hydrogens (tertiary/aromatic N) is 6. The van der Waals surface area contributed by atoms with E-state index in [1.807, 2.05) is 11.6 Å². The average molecular weight is 294 g/mol. The maximum absolute atomic E-state index is 9.61. The van der Waals surface area contributed by atoms with Crippen molar-refractivity contribution in [1.29, 1.82) is 0 Å². The molecule has 7 nitrogen and oxygen atoms in total. The van der Waals surface area contributed by atoms with Crippen molar-refractivity contribution in [3.63, 3.8) is 0 Å². The van der Waals surface area contributed by atoms with Gasteiger partial charge in [0.25, 0.3) is 0 Å². The maximum atomic E-state index is 9.61. The Hall–Kier alpha value is -1.05. The molecule has 1 aromatic rings. The summed E-state index contributed by atoms with van der Waals surface area (Å²) in [6, 6.07) is 1.05. The Balaban J connectivity index is 1.58. The molecule has 2 aliphatic rings. The molecular weight excluding hydrogens is 268 g/mol. The molecule has 2 fully saturated rings. The van der Waals surface area contributed by atoms with Gasteiger partial charge >= 0.3 is 0 Å². The summed E-state index contributed by atoms with van der Waals surface area (Å²) in [6.45, 7) is 8.74. The summed E-state index contributed by atoms with van der Waals surface area (Å²) in [4.78, 5) is 4.85. The van der Waals surface area contributed by atoms with Gasteiger partial charge in [-0.2, -0.15) is 0 Å². The van der Waals surface area contributed by atoms with Gasteiger partial charge in [0, 0.05) is 32.2 Å².